The number of cyclic esters (lactones) is 1. The molecule has 374 valence electrons. The molecule has 3 saturated heterocycles. The van der Waals surface area contributed by atoms with Crippen molar-refractivity contribution in [2.75, 3.05) is 39.3 Å². The maximum Gasteiger partial charge on any atom is 0.324 e. The third kappa shape index (κ3) is 8.57. The number of rotatable bonds is 9. The Labute approximate surface area is 419 Å². The second-order valence-corrected chi connectivity index (χ2v) is 24.0. The van der Waals surface area contributed by atoms with Crippen LogP contribution in [0, 0.1) is 22.7 Å². The first-order valence-electron chi connectivity index (χ1n) is 26.3. The molecule has 3 aliphatic carbocycles. The molecule has 12 rings (SSSR count). The van der Waals surface area contributed by atoms with Crippen molar-refractivity contribution in [3.63, 3.8) is 0 Å². The number of hydrogen-bond donors (Lipinski definition) is 2. The van der Waals surface area contributed by atoms with Crippen molar-refractivity contribution in [2.45, 2.75) is 141 Å². The zero-order valence-electron chi connectivity index (χ0n) is 41.7. The fourth-order valence-electron chi connectivity index (χ4n) is 13.0. The lowest BCUT2D eigenvalue weighted by Crippen LogP contribution is -2.65. The molecule has 7 aliphatic rings. The molecule has 8 atom stereocenters. The highest BCUT2D eigenvalue weighted by atomic mass is 32.1. The van der Waals surface area contributed by atoms with E-state index < -0.39 is 41.6 Å². The lowest BCUT2D eigenvalue weighted by atomic mass is 9.76. The molecule has 3 saturated carbocycles. The number of thiazole rings is 1. The predicted octanol–water partition coefficient (Wildman–Crippen LogP) is 8.17. The summed E-state index contributed by atoms with van der Waals surface area (Å²) in [6, 6.07) is 11.4. The number of carbonyl (C=O) groups excluding carboxylic acids is 3. The van der Waals surface area contributed by atoms with Gasteiger partial charge in [-0.2, -0.15) is 0 Å². The molecule has 2 amide bonds. The number of esters is 1. The number of halogens is 1. The van der Waals surface area contributed by atoms with Gasteiger partial charge in [-0.15, -0.1) is 11.3 Å². The van der Waals surface area contributed by atoms with Gasteiger partial charge in [0.1, 0.15) is 29.6 Å². The second-order valence-electron chi connectivity index (χ2n) is 23.1. The minimum Gasteiger partial charge on any atom is -0.464 e. The maximum absolute atomic E-state index is 15.4. The Bertz CT molecular complexity index is 2850. The van der Waals surface area contributed by atoms with Crippen LogP contribution in [-0.4, -0.2) is 121 Å². The minimum atomic E-state index is -1.07. The summed E-state index contributed by atoms with van der Waals surface area (Å²) in [6.07, 6.45) is 11.2. The zero-order chi connectivity index (χ0) is 48.9. The van der Waals surface area contributed by atoms with E-state index in [-0.39, 0.29) is 47.6 Å². The molecule has 6 fully saturated rings. The summed E-state index contributed by atoms with van der Waals surface area (Å²) in [5.74, 6) is -1.25. The van der Waals surface area contributed by atoms with E-state index >= 15 is 4.79 Å². The third-order valence-corrected chi connectivity index (χ3v) is 18.2. The van der Waals surface area contributed by atoms with Gasteiger partial charge >= 0.3 is 5.97 Å². The number of hydrogen-bond acceptors (Lipinski definition) is 12. The van der Waals surface area contributed by atoms with Crippen molar-refractivity contribution in [1.82, 2.24) is 50.1 Å². The van der Waals surface area contributed by atoms with E-state index in [4.69, 9.17) is 14.7 Å². The Hall–Kier alpha value is -5.16. The van der Waals surface area contributed by atoms with Gasteiger partial charge in [-0.3, -0.25) is 34.2 Å². The number of amides is 2. The number of ether oxygens (including phenoxy) is 1. The molecule has 1 aromatic carbocycles. The van der Waals surface area contributed by atoms with Crippen LogP contribution >= 0.6 is 11.3 Å². The molecule has 4 aromatic heterocycles. The fraction of sp³-hybridized carbons (Fsp3) is 0.582. The summed E-state index contributed by atoms with van der Waals surface area (Å²) >= 11 is 1.50. The van der Waals surface area contributed by atoms with Crippen LogP contribution in [0.2, 0.25) is 0 Å². The van der Waals surface area contributed by atoms with Crippen molar-refractivity contribution in [1.29, 1.82) is 0 Å². The Morgan fingerprint density at radius 1 is 1.04 bits per heavy atom. The van der Waals surface area contributed by atoms with Crippen LogP contribution in [0.3, 0.4) is 0 Å². The SMILES string of the molecule is CC[C@@H](C)c1ncccc1-c1c2c3cc(ccc3n1C1CN(C3CC3)C1)-c1csc(n1)[C@@H](N1CC3(CC[C@@H](F)C3)C1)[C@H](NC(=O)[C@@H]1[C@@H](C)[C@H]1c1ccncn1)C(=O)N1CCC[C@H](N1)C(=O)OCC(C)(C)C2. The normalized spacial score (nSPS) is 29.3. The van der Waals surface area contributed by atoms with Crippen molar-refractivity contribution < 1.29 is 23.5 Å². The molecule has 4 aliphatic heterocycles. The van der Waals surface area contributed by atoms with E-state index in [1.54, 1.807) is 6.20 Å². The van der Waals surface area contributed by atoms with Crippen molar-refractivity contribution in [2.24, 2.45) is 22.7 Å². The highest BCUT2D eigenvalue weighted by Gasteiger charge is 2.57. The van der Waals surface area contributed by atoms with Gasteiger partial charge in [0.15, 0.2) is 0 Å². The molecule has 1 spiro atoms. The summed E-state index contributed by atoms with van der Waals surface area (Å²) in [7, 11) is 0. The Balaban J connectivity index is 0.998. The molecule has 2 N–H and O–H groups in total. The standard InChI is InChI=1S/C55H67FN10O4S/c1-6-31(2)46-37(9-7-18-58-46)48-39-23-54(4,5)29-70-53(69)41-10-8-20-65(62-41)52(68)47(61-50(67)45-32(3)44(45)40-16-19-57-30-59-40)49(64-27-55(28-64)17-15-34(56)22-55)51-60-42(26-71-51)33-11-14-43(38(39)21-33)66(48)36-24-63(25-36)35-12-13-35/h7,9,11,14,16,18-19,21,26,30-32,34-36,41,44-45,47,49,62H,6,8,10,12-13,15,17,20,22-25,27-29H2,1-5H3,(H,61,67)/t31-,32+,34-,41+,44+,45-,47+,49+/m1/s1. The van der Waals surface area contributed by atoms with E-state index in [1.807, 2.05) is 19.2 Å². The quantitative estimate of drug-likeness (QED) is 0.138. The van der Waals surface area contributed by atoms with Crippen LogP contribution in [0.4, 0.5) is 4.39 Å². The number of fused-ring (bicyclic) bond motifs is 6. The first-order chi connectivity index (χ1) is 34.3. The number of nitrogens with one attached hydrogen (secondary N) is 2. The minimum absolute atomic E-state index is 0.00398. The van der Waals surface area contributed by atoms with Crippen LogP contribution < -0.4 is 10.7 Å². The third-order valence-electron chi connectivity index (χ3n) is 17.3. The van der Waals surface area contributed by atoms with Crippen molar-refractivity contribution in [3.8, 4) is 22.5 Å². The molecule has 71 heavy (non-hydrogen) atoms. The topological polar surface area (TPSA) is 151 Å². The summed E-state index contributed by atoms with van der Waals surface area (Å²) in [5.41, 5.74) is 11.0. The molecular formula is C55H67FN10O4S. The highest BCUT2D eigenvalue weighted by Crippen LogP contribution is 2.54. The lowest BCUT2D eigenvalue weighted by molar-refractivity contribution is -0.156. The molecule has 5 aromatic rings. The maximum atomic E-state index is 15.4. The van der Waals surface area contributed by atoms with Crippen LogP contribution in [0.1, 0.15) is 132 Å². The predicted molar refractivity (Wildman–Crippen MR) is 270 cm³/mol. The first kappa shape index (κ1) is 46.9. The molecule has 0 unspecified atom stereocenters. The number of alkyl halides is 1. The van der Waals surface area contributed by atoms with Gasteiger partial charge in [-0.1, -0.05) is 40.7 Å². The number of nitrogens with zero attached hydrogens (tertiary/aromatic N) is 8. The number of aromatic nitrogens is 5. The number of hydrazine groups is 1. The number of likely N-dealkylation sites (tertiary alicyclic amines) is 2. The zero-order valence-corrected chi connectivity index (χ0v) is 42.5. The molecule has 8 heterocycles. The number of pyridine rings is 1. The average Bonchev–Trinajstić information content (AvgIpc) is 4.16. The fourth-order valence-corrected chi connectivity index (χ4v) is 14.0. The largest absolute Gasteiger partial charge is 0.464 e. The summed E-state index contributed by atoms with van der Waals surface area (Å²) in [5, 5.41) is 8.76. The smallest absolute Gasteiger partial charge is 0.324 e. The van der Waals surface area contributed by atoms with Crippen LogP contribution in [0.15, 0.2) is 60.5 Å². The molecule has 14 nitrogen and oxygen atoms in total. The van der Waals surface area contributed by atoms with Gasteiger partial charge in [-0.25, -0.2) is 24.8 Å². The van der Waals surface area contributed by atoms with Crippen molar-refractivity contribution >= 4 is 40.0 Å². The van der Waals surface area contributed by atoms with Crippen LogP contribution in [-0.2, 0) is 25.5 Å². The van der Waals surface area contributed by atoms with Crippen LogP contribution in [0.5, 0.6) is 0 Å². The number of benzene rings is 1. The second kappa shape index (κ2) is 18.1. The van der Waals surface area contributed by atoms with E-state index in [9.17, 15) is 14.0 Å². The van der Waals surface area contributed by atoms with E-state index in [2.05, 4.69) is 98.5 Å². The monoisotopic (exact) mass is 983 g/mol. The summed E-state index contributed by atoms with van der Waals surface area (Å²) in [6.45, 7) is 14.6. The Morgan fingerprint density at radius 2 is 1.87 bits per heavy atom. The van der Waals surface area contributed by atoms with Gasteiger partial charge < -0.3 is 14.6 Å². The van der Waals surface area contributed by atoms with Gasteiger partial charge in [0.2, 0.25) is 5.91 Å². The summed E-state index contributed by atoms with van der Waals surface area (Å²) < 4.78 is 23.8. The van der Waals surface area contributed by atoms with E-state index in [0.29, 0.717) is 62.8 Å². The Morgan fingerprint density at radius 3 is 2.62 bits per heavy atom. The van der Waals surface area contributed by atoms with Gasteiger partial charge in [-0.05, 0) is 111 Å². The number of carbonyl (C=O) groups is 3. The van der Waals surface area contributed by atoms with E-state index in [0.717, 1.165) is 65.0 Å². The Kier molecular flexibility index (Phi) is 11.9. The van der Waals surface area contributed by atoms with Gasteiger partial charge in [0.05, 0.1) is 35.8 Å². The van der Waals surface area contributed by atoms with Gasteiger partial charge in [0, 0.05) is 102 Å². The molecule has 16 heteroatoms. The molecule has 6 bridgehead atoms. The first-order valence-corrected chi connectivity index (χ1v) is 27.2. The van der Waals surface area contributed by atoms with Crippen LogP contribution in [0.25, 0.3) is 33.4 Å². The van der Waals surface area contributed by atoms with Crippen molar-refractivity contribution in [3.05, 3.63) is 82.5 Å². The molecule has 0 radical (unpaired) electrons. The lowest BCUT2D eigenvalue weighted by Gasteiger charge is -2.53. The highest BCUT2D eigenvalue weighted by molar-refractivity contribution is 7.10. The molecular weight excluding hydrogens is 916 g/mol. The summed E-state index contributed by atoms with van der Waals surface area (Å²) in [4.78, 5) is 68.3. The average molecular weight is 983 g/mol. The van der Waals surface area contributed by atoms with E-state index in [1.165, 1.54) is 46.8 Å². The van der Waals surface area contributed by atoms with Gasteiger partial charge in [0.25, 0.3) is 5.91 Å².